The second kappa shape index (κ2) is 8.55. The minimum absolute atomic E-state index is 0.0956. The molecule has 8 heteroatoms. The van der Waals surface area contributed by atoms with Gasteiger partial charge in [0.2, 0.25) is 0 Å². The van der Waals surface area contributed by atoms with Gasteiger partial charge in [-0.1, -0.05) is 6.07 Å². The maximum atomic E-state index is 13.1. The van der Waals surface area contributed by atoms with Crippen LogP contribution in [0.3, 0.4) is 0 Å². The summed E-state index contributed by atoms with van der Waals surface area (Å²) in [6.07, 6.45) is 0.621. The Morgan fingerprint density at radius 2 is 1.81 bits per heavy atom. The van der Waals surface area contributed by atoms with E-state index in [0.717, 1.165) is 0 Å². The second-order valence-electron chi connectivity index (χ2n) is 8.40. The topological polar surface area (TPSA) is 88.9 Å². The van der Waals surface area contributed by atoms with Gasteiger partial charge in [0.05, 0.1) is 42.4 Å². The largest absolute Gasteiger partial charge is 0.496 e. The van der Waals surface area contributed by atoms with E-state index in [1.165, 1.54) is 17.9 Å². The predicted octanol–water partition coefficient (Wildman–Crippen LogP) is 4.69. The summed E-state index contributed by atoms with van der Waals surface area (Å²) >= 11 is 0. The van der Waals surface area contributed by atoms with Gasteiger partial charge in [-0.15, -0.1) is 0 Å². The minimum Gasteiger partial charge on any atom is -0.496 e. The Hall–Kier alpha value is -3.13. The predicted molar refractivity (Wildman–Crippen MR) is 117 cm³/mol. The van der Waals surface area contributed by atoms with Crippen molar-refractivity contribution in [2.75, 3.05) is 14.2 Å². The number of hydrogen-bond acceptors (Lipinski definition) is 7. The SMILES string of the molecule is COCc1c(C(=O)OC(C)C)ncc2c1c1c(OC)cccc1n2C(=O)OC(C)(C)C. The molecule has 0 saturated carbocycles. The van der Waals surface area contributed by atoms with Gasteiger partial charge in [-0.05, 0) is 46.8 Å². The Morgan fingerprint density at radius 1 is 1.10 bits per heavy atom. The highest BCUT2D eigenvalue weighted by molar-refractivity contribution is 6.17. The molecule has 0 bridgehead atoms. The molecule has 0 spiro atoms. The van der Waals surface area contributed by atoms with Crippen LogP contribution in [0.4, 0.5) is 4.79 Å². The number of carbonyl (C=O) groups excluding carboxylic acids is 2. The first-order valence-corrected chi connectivity index (χ1v) is 10.0. The average molecular weight is 428 g/mol. The number of hydrogen-bond donors (Lipinski definition) is 0. The van der Waals surface area contributed by atoms with E-state index in [1.54, 1.807) is 59.9 Å². The summed E-state index contributed by atoms with van der Waals surface area (Å²) in [6.45, 7) is 9.03. The number of rotatable bonds is 5. The van der Waals surface area contributed by atoms with Gasteiger partial charge in [-0.3, -0.25) is 0 Å². The van der Waals surface area contributed by atoms with Crippen LogP contribution in [0.2, 0.25) is 0 Å². The number of benzene rings is 1. The zero-order chi connectivity index (χ0) is 22.9. The molecule has 3 rings (SSSR count). The van der Waals surface area contributed by atoms with Gasteiger partial charge >= 0.3 is 12.1 Å². The Morgan fingerprint density at radius 3 is 2.39 bits per heavy atom. The van der Waals surface area contributed by atoms with Crippen LogP contribution < -0.4 is 4.74 Å². The molecule has 31 heavy (non-hydrogen) atoms. The maximum absolute atomic E-state index is 13.1. The van der Waals surface area contributed by atoms with Crippen molar-refractivity contribution in [1.29, 1.82) is 0 Å². The summed E-state index contributed by atoms with van der Waals surface area (Å²) in [5, 5.41) is 1.30. The molecular formula is C23H28N2O6. The lowest BCUT2D eigenvalue weighted by atomic mass is 10.1. The summed E-state index contributed by atoms with van der Waals surface area (Å²) in [4.78, 5) is 30.2. The highest BCUT2D eigenvalue weighted by Crippen LogP contribution is 2.39. The fourth-order valence-electron chi connectivity index (χ4n) is 3.48. The molecule has 0 saturated heterocycles. The van der Waals surface area contributed by atoms with E-state index in [1.807, 2.05) is 0 Å². The number of nitrogens with zero attached hydrogens (tertiary/aromatic N) is 2. The maximum Gasteiger partial charge on any atom is 0.419 e. The zero-order valence-electron chi connectivity index (χ0n) is 18.9. The highest BCUT2D eigenvalue weighted by atomic mass is 16.6. The third-order valence-corrected chi connectivity index (χ3v) is 4.52. The molecule has 0 fully saturated rings. The standard InChI is InChI=1S/C23H28N2O6/c1-13(2)30-21(26)20-14(12-28-6)18-16(11-24-20)25(22(27)31-23(3,4)5)15-9-8-10-17(29-7)19(15)18/h8-11,13H,12H2,1-7H3. The Bertz CT molecular complexity index is 1140. The number of pyridine rings is 1. The first-order valence-electron chi connectivity index (χ1n) is 10.0. The van der Waals surface area contributed by atoms with Gasteiger partial charge in [-0.2, -0.15) is 0 Å². The number of aromatic nitrogens is 2. The Labute approximate surface area is 181 Å². The molecule has 1 aromatic carbocycles. The third kappa shape index (κ3) is 4.34. The van der Waals surface area contributed by atoms with Crippen molar-refractivity contribution in [2.24, 2.45) is 0 Å². The van der Waals surface area contributed by atoms with E-state index in [9.17, 15) is 9.59 Å². The number of ether oxygens (including phenoxy) is 4. The first kappa shape index (κ1) is 22.6. The van der Waals surface area contributed by atoms with Crippen LogP contribution in [0, 0.1) is 0 Å². The van der Waals surface area contributed by atoms with Crippen LogP contribution in [-0.4, -0.2) is 47.5 Å². The molecule has 0 aliphatic rings. The summed E-state index contributed by atoms with van der Waals surface area (Å²) in [5.74, 6) is -0.00597. The molecule has 0 atom stereocenters. The zero-order valence-corrected chi connectivity index (χ0v) is 18.9. The van der Waals surface area contributed by atoms with Crippen molar-refractivity contribution in [3.05, 3.63) is 35.7 Å². The highest BCUT2D eigenvalue weighted by Gasteiger charge is 2.28. The summed E-state index contributed by atoms with van der Waals surface area (Å²) in [6, 6.07) is 5.38. The van der Waals surface area contributed by atoms with Crippen LogP contribution in [0.25, 0.3) is 21.8 Å². The smallest absolute Gasteiger partial charge is 0.419 e. The summed E-state index contributed by atoms with van der Waals surface area (Å²) in [7, 11) is 3.08. The molecule has 0 radical (unpaired) electrons. The van der Waals surface area contributed by atoms with E-state index >= 15 is 0 Å². The quantitative estimate of drug-likeness (QED) is 0.545. The van der Waals surface area contributed by atoms with Crippen molar-refractivity contribution in [2.45, 2.75) is 52.9 Å². The van der Waals surface area contributed by atoms with Gasteiger partial charge in [0, 0.05) is 18.1 Å². The van der Waals surface area contributed by atoms with Crippen molar-refractivity contribution >= 4 is 33.9 Å². The summed E-state index contributed by atoms with van der Waals surface area (Å²) < 4.78 is 23.4. The monoisotopic (exact) mass is 428 g/mol. The van der Waals surface area contributed by atoms with Gasteiger partial charge < -0.3 is 18.9 Å². The molecule has 166 valence electrons. The molecule has 0 aliphatic carbocycles. The number of esters is 1. The number of carbonyl (C=O) groups is 2. The summed E-state index contributed by atoms with van der Waals surface area (Å²) in [5.41, 5.74) is 1.03. The first-order chi connectivity index (χ1) is 14.6. The number of methoxy groups -OCH3 is 2. The Balaban J connectivity index is 2.42. The van der Waals surface area contributed by atoms with Gasteiger partial charge in [0.15, 0.2) is 5.69 Å². The fraction of sp³-hybridized carbons (Fsp3) is 0.435. The molecule has 2 aromatic heterocycles. The molecular weight excluding hydrogens is 400 g/mol. The lowest BCUT2D eigenvalue weighted by molar-refractivity contribution is 0.0366. The molecule has 0 amide bonds. The van der Waals surface area contributed by atoms with E-state index in [0.29, 0.717) is 33.1 Å². The van der Waals surface area contributed by atoms with Crippen molar-refractivity contribution in [3.63, 3.8) is 0 Å². The van der Waals surface area contributed by atoms with Crippen LogP contribution >= 0.6 is 0 Å². The van der Waals surface area contributed by atoms with Crippen molar-refractivity contribution < 1.29 is 28.5 Å². The second-order valence-corrected chi connectivity index (χ2v) is 8.40. The molecule has 8 nitrogen and oxygen atoms in total. The van der Waals surface area contributed by atoms with E-state index in [-0.39, 0.29) is 18.4 Å². The van der Waals surface area contributed by atoms with Gasteiger partial charge in [0.1, 0.15) is 11.4 Å². The van der Waals surface area contributed by atoms with Crippen LogP contribution in [0.15, 0.2) is 24.4 Å². The van der Waals surface area contributed by atoms with Crippen LogP contribution in [-0.2, 0) is 20.8 Å². The van der Waals surface area contributed by atoms with Crippen LogP contribution in [0.5, 0.6) is 5.75 Å². The third-order valence-electron chi connectivity index (χ3n) is 4.52. The molecule has 0 N–H and O–H groups in total. The lowest BCUT2D eigenvalue weighted by Gasteiger charge is -2.20. The molecule has 0 aliphatic heterocycles. The molecule has 3 aromatic rings. The van der Waals surface area contributed by atoms with Crippen LogP contribution in [0.1, 0.15) is 50.7 Å². The van der Waals surface area contributed by atoms with Gasteiger partial charge in [-0.25, -0.2) is 19.1 Å². The van der Waals surface area contributed by atoms with E-state index < -0.39 is 17.7 Å². The average Bonchev–Trinajstić information content (AvgIpc) is 3.01. The van der Waals surface area contributed by atoms with Gasteiger partial charge in [0.25, 0.3) is 0 Å². The normalized spacial score (nSPS) is 11.9. The molecule has 0 unspecified atom stereocenters. The van der Waals surface area contributed by atoms with E-state index in [4.69, 9.17) is 18.9 Å². The lowest BCUT2D eigenvalue weighted by Crippen LogP contribution is -2.27. The molecule has 2 heterocycles. The fourth-order valence-corrected chi connectivity index (χ4v) is 3.48. The van der Waals surface area contributed by atoms with E-state index in [2.05, 4.69) is 4.98 Å². The van der Waals surface area contributed by atoms with Crippen molar-refractivity contribution in [1.82, 2.24) is 9.55 Å². The Kier molecular flexibility index (Phi) is 6.22. The van der Waals surface area contributed by atoms with Crippen molar-refractivity contribution in [3.8, 4) is 5.75 Å². The number of fused-ring (bicyclic) bond motifs is 3. The minimum atomic E-state index is -0.692.